The monoisotopic (exact) mass is 246 g/mol. The second-order valence-corrected chi connectivity index (χ2v) is 5.29. The molecule has 0 aliphatic rings. The first kappa shape index (κ1) is 12.6. The van der Waals surface area contributed by atoms with Crippen LogP contribution in [0.5, 0.6) is 0 Å². The third-order valence-electron chi connectivity index (χ3n) is 2.71. The molecule has 0 amide bonds. The Labute approximate surface area is 106 Å². The minimum Gasteiger partial charge on any atom is -0.461 e. The molecule has 5 nitrogen and oxygen atoms in total. The van der Waals surface area contributed by atoms with E-state index >= 15 is 0 Å². The Morgan fingerprint density at radius 2 is 2.00 bits per heavy atom. The molecule has 0 spiro atoms. The molecule has 0 bridgehead atoms. The minimum atomic E-state index is -0.0796. The van der Waals surface area contributed by atoms with Crippen LogP contribution < -0.4 is 11.3 Å². The quantitative estimate of drug-likeness (QED) is 0.629. The molecule has 2 heterocycles. The Kier molecular flexibility index (Phi) is 3.09. The van der Waals surface area contributed by atoms with E-state index in [1.807, 2.05) is 19.1 Å². The summed E-state index contributed by atoms with van der Waals surface area (Å²) in [7, 11) is 0. The molecule has 0 unspecified atom stereocenters. The second-order valence-electron chi connectivity index (χ2n) is 5.29. The number of nitrogen functional groups attached to an aromatic ring is 1. The van der Waals surface area contributed by atoms with Gasteiger partial charge in [0.1, 0.15) is 5.82 Å². The topological polar surface area (TPSA) is 77.0 Å². The predicted molar refractivity (Wildman–Crippen MR) is 71.0 cm³/mol. The highest BCUT2D eigenvalue weighted by molar-refractivity contribution is 5.55. The first-order chi connectivity index (χ1) is 8.41. The standard InChI is InChI=1S/C13H18N4O/c1-8-5-6-18-11(8)12-15-9(13(2,3)4)7-10(16-12)17-14/h5-7H,14H2,1-4H3,(H,15,16,17). The highest BCUT2D eigenvalue weighted by Crippen LogP contribution is 2.27. The summed E-state index contributed by atoms with van der Waals surface area (Å²) in [6.07, 6.45) is 1.63. The minimum absolute atomic E-state index is 0.0796. The molecular formula is C13H18N4O. The molecular weight excluding hydrogens is 228 g/mol. The number of hydrogen-bond acceptors (Lipinski definition) is 5. The number of aromatic nitrogens is 2. The molecule has 3 N–H and O–H groups in total. The van der Waals surface area contributed by atoms with Crippen molar-refractivity contribution in [3.63, 3.8) is 0 Å². The SMILES string of the molecule is Cc1ccoc1-c1nc(NN)cc(C(C)(C)C)n1. The van der Waals surface area contributed by atoms with E-state index < -0.39 is 0 Å². The molecule has 0 fully saturated rings. The molecule has 0 aliphatic carbocycles. The molecule has 2 aromatic rings. The fourth-order valence-electron chi connectivity index (χ4n) is 1.61. The van der Waals surface area contributed by atoms with Crippen LogP contribution >= 0.6 is 0 Å². The molecule has 0 aromatic carbocycles. The summed E-state index contributed by atoms with van der Waals surface area (Å²) < 4.78 is 5.42. The lowest BCUT2D eigenvalue weighted by Crippen LogP contribution is -2.17. The van der Waals surface area contributed by atoms with E-state index in [1.54, 1.807) is 6.26 Å². The van der Waals surface area contributed by atoms with Crippen LogP contribution in [0.25, 0.3) is 11.6 Å². The van der Waals surface area contributed by atoms with Crippen molar-refractivity contribution in [2.24, 2.45) is 5.84 Å². The van der Waals surface area contributed by atoms with Gasteiger partial charge < -0.3 is 9.84 Å². The van der Waals surface area contributed by atoms with Crippen LogP contribution in [0.15, 0.2) is 22.8 Å². The maximum absolute atomic E-state index is 5.45. The summed E-state index contributed by atoms with van der Waals surface area (Å²) in [5, 5.41) is 0. The molecule has 96 valence electrons. The van der Waals surface area contributed by atoms with E-state index in [0.29, 0.717) is 17.4 Å². The molecule has 2 aromatic heterocycles. The number of anilines is 1. The summed E-state index contributed by atoms with van der Waals surface area (Å²) >= 11 is 0. The highest BCUT2D eigenvalue weighted by atomic mass is 16.3. The lowest BCUT2D eigenvalue weighted by molar-refractivity contribution is 0.556. The normalized spacial score (nSPS) is 11.6. The average Bonchev–Trinajstić information content (AvgIpc) is 2.73. The Balaban J connectivity index is 2.58. The highest BCUT2D eigenvalue weighted by Gasteiger charge is 2.19. The number of nitrogens with two attached hydrogens (primary N) is 1. The molecule has 0 saturated carbocycles. The largest absolute Gasteiger partial charge is 0.461 e. The van der Waals surface area contributed by atoms with Crippen LogP contribution in [0.1, 0.15) is 32.0 Å². The Bertz CT molecular complexity index is 554. The fraction of sp³-hybridized carbons (Fsp3) is 0.385. The number of hydrazine groups is 1. The van der Waals surface area contributed by atoms with Gasteiger partial charge in [-0.1, -0.05) is 20.8 Å². The lowest BCUT2D eigenvalue weighted by Gasteiger charge is -2.19. The molecule has 0 saturated heterocycles. The van der Waals surface area contributed by atoms with Gasteiger partial charge in [-0.05, 0) is 18.6 Å². The first-order valence-corrected chi connectivity index (χ1v) is 5.82. The molecule has 0 atom stereocenters. The maximum atomic E-state index is 5.45. The van der Waals surface area contributed by atoms with Crippen molar-refractivity contribution in [3.8, 4) is 11.6 Å². The Hall–Kier alpha value is -1.88. The van der Waals surface area contributed by atoms with E-state index in [4.69, 9.17) is 10.3 Å². The number of aryl methyl sites for hydroxylation is 1. The third-order valence-corrected chi connectivity index (χ3v) is 2.71. The number of nitrogens with zero attached hydrogens (tertiary/aromatic N) is 2. The van der Waals surface area contributed by atoms with E-state index in [2.05, 4.69) is 36.2 Å². The molecule has 18 heavy (non-hydrogen) atoms. The maximum Gasteiger partial charge on any atom is 0.198 e. The number of hydrogen-bond donors (Lipinski definition) is 2. The van der Waals surface area contributed by atoms with E-state index in [-0.39, 0.29) is 5.41 Å². The van der Waals surface area contributed by atoms with E-state index in [9.17, 15) is 0 Å². The smallest absolute Gasteiger partial charge is 0.198 e. The van der Waals surface area contributed by atoms with Crippen molar-refractivity contribution in [1.82, 2.24) is 9.97 Å². The van der Waals surface area contributed by atoms with Crippen molar-refractivity contribution in [3.05, 3.63) is 29.7 Å². The summed E-state index contributed by atoms with van der Waals surface area (Å²) in [5.74, 6) is 7.27. The number of nitrogens with one attached hydrogen (secondary N) is 1. The van der Waals surface area contributed by atoms with Gasteiger partial charge in [0.25, 0.3) is 0 Å². The summed E-state index contributed by atoms with van der Waals surface area (Å²) in [5.41, 5.74) is 4.41. The van der Waals surface area contributed by atoms with Gasteiger partial charge in [-0.3, -0.25) is 0 Å². The van der Waals surface area contributed by atoms with E-state index in [1.165, 1.54) is 0 Å². The van der Waals surface area contributed by atoms with Crippen LogP contribution in [0, 0.1) is 6.92 Å². The third kappa shape index (κ3) is 2.36. The van der Waals surface area contributed by atoms with Crippen LogP contribution in [0.2, 0.25) is 0 Å². The second kappa shape index (κ2) is 4.42. The Morgan fingerprint density at radius 3 is 2.50 bits per heavy atom. The van der Waals surface area contributed by atoms with Gasteiger partial charge in [-0.25, -0.2) is 15.8 Å². The molecule has 0 radical (unpaired) electrons. The van der Waals surface area contributed by atoms with Crippen LogP contribution in [0.3, 0.4) is 0 Å². The summed E-state index contributed by atoms with van der Waals surface area (Å²) in [6.45, 7) is 8.23. The number of furan rings is 1. The van der Waals surface area contributed by atoms with Crippen LogP contribution in [0.4, 0.5) is 5.82 Å². The summed E-state index contributed by atoms with van der Waals surface area (Å²) in [6, 6.07) is 3.74. The van der Waals surface area contributed by atoms with Crippen molar-refractivity contribution in [2.45, 2.75) is 33.1 Å². The molecule has 0 aliphatic heterocycles. The predicted octanol–water partition coefficient (Wildman–Crippen LogP) is 2.63. The fourth-order valence-corrected chi connectivity index (χ4v) is 1.61. The van der Waals surface area contributed by atoms with Crippen LogP contribution in [-0.2, 0) is 5.41 Å². The van der Waals surface area contributed by atoms with Gasteiger partial charge in [-0.15, -0.1) is 0 Å². The molecule has 5 heteroatoms. The van der Waals surface area contributed by atoms with Crippen molar-refractivity contribution in [1.29, 1.82) is 0 Å². The zero-order chi connectivity index (χ0) is 13.3. The van der Waals surface area contributed by atoms with Gasteiger partial charge in [0.15, 0.2) is 11.6 Å². The average molecular weight is 246 g/mol. The summed E-state index contributed by atoms with van der Waals surface area (Å²) in [4.78, 5) is 8.88. The van der Waals surface area contributed by atoms with Gasteiger partial charge in [0, 0.05) is 11.5 Å². The zero-order valence-corrected chi connectivity index (χ0v) is 11.1. The van der Waals surface area contributed by atoms with Gasteiger partial charge in [-0.2, -0.15) is 0 Å². The van der Waals surface area contributed by atoms with Crippen molar-refractivity contribution >= 4 is 5.82 Å². The van der Waals surface area contributed by atoms with Gasteiger partial charge in [0.05, 0.1) is 12.0 Å². The van der Waals surface area contributed by atoms with Crippen LogP contribution in [-0.4, -0.2) is 9.97 Å². The zero-order valence-electron chi connectivity index (χ0n) is 11.1. The number of rotatable bonds is 2. The van der Waals surface area contributed by atoms with Crippen molar-refractivity contribution < 1.29 is 4.42 Å². The van der Waals surface area contributed by atoms with Crippen molar-refractivity contribution in [2.75, 3.05) is 5.43 Å². The lowest BCUT2D eigenvalue weighted by atomic mass is 9.92. The Morgan fingerprint density at radius 1 is 1.28 bits per heavy atom. The van der Waals surface area contributed by atoms with Gasteiger partial charge >= 0.3 is 0 Å². The molecule has 2 rings (SSSR count). The van der Waals surface area contributed by atoms with E-state index in [0.717, 1.165) is 11.3 Å². The first-order valence-electron chi connectivity index (χ1n) is 5.82. The van der Waals surface area contributed by atoms with Gasteiger partial charge in [0.2, 0.25) is 0 Å².